The summed E-state index contributed by atoms with van der Waals surface area (Å²) in [6.07, 6.45) is 4.68. The van der Waals surface area contributed by atoms with Crippen LogP contribution in [0.15, 0.2) is 30.3 Å². The van der Waals surface area contributed by atoms with Crippen LogP contribution in [0.25, 0.3) is 10.8 Å². The number of aliphatic hydroxyl groups is 1. The Balaban J connectivity index is 1.58. The van der Waals surface area contributed by atoms with Gasteiger partial charge in [0.2, 0.25) is 0 Å². The Morgan fingerprint density at radius 3 is 2.79 bits per heavy atom. The number of likely N-dealkylation sites (tertiary alicyclic amines) is 1. The van der Waals surface area contributed by atoms with Crippen molar-refractivity contribution < 1.29 is 5.11 Å². The van der Waals surface area contributed by atoms with Crippen molar-refractivity contribution in [2.45, 2.75) is 37.8 Å². The number of hydrogen-bond acceptors (Lipinski definition) is 4. The van der Waals surface area contributed by atoms with Crippen LogP contribution in [0.3, 0.4) is 0 Å². The first-order chi connectivity index (χ1) is 11.8. The summed E-state index contributed by atoms with van der Waals surface area (Å²) in [7, 11) is 0. The number of hydrogen-bond donors (Lipinski definition) is 1. The fourth-order valence-corrected chi connectivity index (χ4v) is 4.49. The molecule has 2 aromatic rings. The van der Waals surface area contributed by atoms with Crippen LogP contribution < -0.4 is 4.90 Å². The molecule has 0 spiro atoms. The van der Waals surface area contributed by atoms with Gasteiger partial charge in [-0.15, -0.1) is 0 Å². The molecule has 128 valence electrons. The third-order valence-corrected chi connectivity index (χ3v) is 5.79. The molecule has 2 unspecified atom stereocenters. The minimum atomic E-state index is 0.271. The molecule has 1 aromatic carbocycles. The molecule has 2 aliphatic rings. The maximum absolute atomic E-state index is 9.56. The van der Waals surface area contributed by atoms with Gasteiger partial charge in [0.05, 0.1) is 6.61 Å². The molecular formula is C19H24ClN3O. The van der Waals surface area contributed by atoms with Gasteiger partial charge >= 0.3 is 0 Å². The number of benzene rings is 1. The maximum atomic E-state index is 9.56. The normalized spacial score (nSPS) is 25.0. The summed E-state index contributed by atoms with van der Waals surface area (Å²) >= 11 is 6.42. The second-order valence-corrected chi connectivity index (χ2v) is 7.31. The molecule has 0 radical (unpaired) electrons. The van der Waals surface area contributed by atoms with Gasteiger partial charge in [-0.1, -0.05) is 35.9 Å². The summed E-state index contributed by atoms with van der Waals surface area (Å²) in [5.41, 5.74) is 0. The van der Waals surface area contributed by atoms with Gasteiger partial charge in [-0.05, 0) is 43.7 Å². The van der Waals surface area contributed by atoms with Gasteiger partial charge in [0, 0.05) is 30.6 Å². The van der Waals surface area contributed by atoms with E-state index >= 15 is 0 Å². The van der Waals surface area contributed by atoms with E-state index in [0.717, 1.165) is 42.6 Å². The fourth-order valence-electron chi connectivity index (χ4n) is 4.23. The number of halogens is 1. The lowest BCUT2D eigenvalue weighted by atomic mass is 10.1. The quantitative estimate of drug-likeness (QED) is 0.863. The summed E-state index contributed by atoms with van der Waals surface area (Å²) in [5.74, 6) is 0.987. The van der Waals surface area contributed by atoms with Crippen LogP contribution in [0.4, 0.5) is 5.82 Å². The monoisotopic (exact) mass is 345 g/mol. The highest BCUT2D eigenvalue weighted by molar-refractivity contribution is 6.34. The number of rotatable bonds is 4. The molecule has 0 bridgehead atoms. The highest BCUT2D eigenvalue weighted by Crippen LogP contribution is 2.31. The van der Waals surface area contributed by atoms with Gasteiger partial charge in [0.15, 0.2) is 0 Å². The lowest BCUT2D eigenvalue weighted by Crippen LogP contribution is -2.43. The van der Waals surface area contributed by atoms with E-state index in [-0.39, 0.29) is 6.61 Å². The van der Waals surface area contributed by atoms with E-state index in [1.54, 1.807) is 0 Å². The van der Waals surface area contributed by atoms with Gasteiger partial charge < -0.3 is 10.0 Å². The summed E-state index contributed by atoms with van der Waals surface area (Å²) in [6.45, 7) is 3.41. The minimum absolute atomic E-state index is 0.271. The summed E-state index contributed by atoms with van der Waals surface area (Å²) < 4.78 is 0. The predicted octanol–water partition coefficient (Wildman–Crippen LogP) is 3.31. The lowest BCUT2D eigenvalue weighted by Gasteiger charge is -2.32. The van der Waals surface area contributed by atoms with Crippen LogP contribution in [-0.4, -0.2) is 53.3 Å². The van der Waals surface area contributed by atoms with Crippen LogP contribution >= 0.6 is 11.6 Å². The zero-order chi connectivity index (χ0) is 16.5. The molecule has 0 aliphatic carbocycles. The molecule has 1 N–H and O–H groups in total. The molecule has 2 fully saturated rings. The Morgan fingerprint density at radius 2 is 1.92 bits per heavy atom. The van der Waals surface area contributed by atoms with E-state index in [4.69, 9.17) is 11.6 Å². The molecule has 4 nitrogen and oxygen atoms in total. The molecule has 2 atom stereocenters. The average molecular weight is 346 g/mol. The topological polar surface area (TPSA) is 39.6 Å². The number of pyridine rings is 1. The van der Waals surface area contributed by atoms with E-state index < -0.39 is 0 Å². The molecule has 2 aliphatic heterocycles. The molecule has 0 amide bonds. The third-order valence-electron chi connectivity index (χ3n) is 5.51. The summed E-state index contributed by atoms with van der Waals surface area (Å²) in [5, 5.41) is 12.3. The smallest absolute Gasteiger partial charge is 0.139 e. The lowest BCUT2D eigenvalue weighted by molar-refractivity contribution is 0.153. The van der Waals surface area contributed by atoms with Crippen LogP contribution in [0.1, 0.15) is 25.7 Å². The number of anilines is 1. The second-order valence-electron chi connectivity index (χ2n) is 6.96. The Labute approximate surface area is 148 Å². The van der Waals surface area contributed by atoms with E-state index in [0.29, 0.717) is 17.2 Å². The van der Waals surface area contributed by atoms with E-state index in [1.807, 2.05) is 18.2 Å². The molecule has 4 rings (SSSR count). The van der Waals surface area contributed by atoms with Crippen molar-refractivity contribution in [3.05, 3.63) is 35.5 Å². The summed E-state index contributed by atoms with van der Waals surface area (Å²) in [4.78, 5) is 9.53. The van der Waals surface area contributed by atoms with Crippen molar-refractivity contribution >= 4 is 28.2 Å². The van der Waals surface area contributed by atoms with Crippen molar-refractivity contribution in [2.75, 3.05) is 31.1 Å². The van der Waals surface area contributed by atoms with Crippen molar-refractivity contribution in [3.63, 3.8) is 0 Å². The first-order valence-electron chi connectivity index (χ1n) is 8.93. The zero-order valence-corrected chi connectivity index (χ0v) is 14.6. The highest BCUT2D eigenvalue weighted by Gasteiger charge is 2.32. The zero-order valence-electron chi connectivity index (χ0n) is 13.9. The van der Waals surface area contributed by atoms with Crippen molar-refractivity contribution in [3.8, 4) is 0 Å². The Morgan fingerprint density at radius 1 is 1.12 bits per heavy atom. The Kier molecular flexibility index (Phi) is 4.61. The largest absolute Gasteiger partial charge is 0.395 e. The molecule has 0 saturated carbocycles. The standard InChI is InChI=1S/C19H24ClN3O/c20-19-17-8-2-1-5-14(17)11-18(21-19)23-10-4-6-15(23)12-22-9-3-7-16(22)13-24/h1-2,5,8,11,15-16,24H,3-4,6-7,9-10,12-13H2. The van der Waals surface area contributed by atoms with E-state index in [1.165, 1.54) is 19.3 Å². The van der Waals surface area contributed by atoms with Crippen LogP contribution in [0.2, 0.25) is 5.15 Å². The van der Waals surface area contributed by atoms with Crippen molar-refractivity contribution in [2.24, 2.45) is 0 Å². The molecule has 5 heteroatoms. The minimum Gasteiger partial charge on any atom is -0.395 e. The maximum Gasteiger partial charge on any atom is 0.139 e. The van der Waals surface area contributed by atoms with Crippen molar-refractivity contribution in [1.29, 1.82) is 0 Å². The molecule has 3 heterocycles. The number of fused-ring (bicyclic) bond motifs is 1. The van der Waals surface area contributed by atoms with Crippen LogP contribution in [-0.2, 0) is 0 Å². The van der Waals surface area contributed by atoms with Gasteiger partial charge in [-0.3, -0.25) is 4.90 Å². The second kappa shape index (κ2) is 6.87. The van der Waals surface area contributed by atoms with E-state index in [2.05, 4.69) is 26.9 Å². The van der Waals surface area contributed by atoms with E-state index in [9.17, 15) is 5.11 Å². The SMILES string of the molecule is OCC1CCCN1CC1CCCN1c1cc2ccccc2c(Cl)n1. The number of nitrogens with zero attached hydrogens (tertiary/aromatic N) is 3. The van der Waals surface area contributed by atoms with Crippen LogP contribution in [0.5, 0.6) is 0 Å². The van der Waals surface area contributed by atoms with Gasteiger partial charge in [-0.2, -0.15) is 0 Å². The molecular weight excluding hydrogens is 322 g/mol. The predicted molar refractivity (Wildman–Crippen MR) is 98.8 cm³/mol. The Hall–Kier alpha value is -1.36. The van der Waals surface area contributed by atoms with Gasteiger partial charge in [0.1, 0.15) is 11.0 Å². The Bertz CT molecular complexity index is 723. The number of aromatic nitrogens is 1. The third kappa shape index (κ3) is 2.99. The average Bonchev–Trinajstić information content (AvgIpc) is 3.24. The van der Waals surface area contributed by atoms with Crippen LogP contribution in [0, 0.1) is 0 Å². The van der Waals surface area contributed by atoms with Gasteiger partial charge in [0.25, 0.3) is 0 Å². The van der Waals surface area contributed by atoms with Gasteiger partial charge in [-0.25, -0.2) is 4.98 Å². The van der Waals surface area contributed by atoms with Crippen molar-refractivity contribution in [1.82, 2.24) is 9.88 Å². The molecule has 2 saturated heterocycles. The number of aliphatic hydroxyl groups excluding tert-OH is 1. The first kappa shape index (κ1) is 16.1. The fraction of sp³-hybridized carbons (Fsp3) is 0.526. The molecule has 24 heavy (non-hydrogen) atoms. The molecule has 1 aromatic heterocycles. The summed E-state index contributed by atoms with van der Waals surface area (Å²) in [6, 6.07) is 11.1. The first-order valence-corrected chi connectivity index (χ1v) is 9.31. The highest BCUT2D eigenvalue weighted by atomic mass is 35.5.